The highest BCUT2D eigenvalue weighted by molar-refractivity contribution is 7.93. The van der Waals surface area contributed by atoms with Gasteiger partial charge in [0.1, 0.15) is 22.1 Å². The quantitative estimate of drug-likeness (QED) is 0.566. The molecule has 172 valence electrons. The first-order chi connectivity index (χ1) is 15.7. The lowest BCUT2D eigenvalue weighted by Crippen LogP contribution is -2.44. The second-order valence-corrected chi connectivity index (χ2v) is 9.36. The average molecular weight is 490 g/mol. The van der Waals surface area contributed by atoms with Crippen molar-refractivity contribution in [1.29, 1.82) is 0 Å². The van der Waals surface area contributed by atoms with Crippen molar-refractivity contribution in [3.05, 3.63) is 76.8 Å². The minimum Gasteiger partial charge on any atom is -0.497 e. The molecule has 1 amide bonds. The molecule has 33 heavy (non-hydrogen) atoms. The number of hydrogen-bond acceptors (Lipinski definition) is 7. The Balaban J connectivity index is 1.98. The van der Waals surface area contributed by atoms with Crippen molar-refractivity contribution in [3.8, 4) is 17.2 Å². The number of aliphatic hydroxyl groups is 1. The van der Waals surface area contributed by atoms with Crippen molar-refractivity contribution < 1.29 is 32.5 Å². The maximum atomic E-state index is 13.8. The first kappa shape index (κ1) is 22.9. The third-order valence-electron chi connectivity index (χ3n) is 5.45. The summed E-state index contributed by atoms with van der Waals surface area (Å²) in [5.74, 6) is -0.538. The summed E-state index contributed by atoms with van der Waals surface area (Å²) >= 11 is 6.16. The molecule has 1 heterocycles. The van der Waals surface area contributed by atoms with Crippen LogP contribution in [0, 0.1) is 0 Å². The summed E-state index contributed by atoms with van der Waals surface area (Å²) in [7, 11) is -0.400. The molecule has 3 aromatic rings. The Morgan fingerprint density at radius 3 is 2.24 bits per heavy atom. The number of hydrogen-bond donors (Lipinski definition) is 1. The van der Waals surface area contributed by atoms with Gasteiger partial charge in [-0.15, -0.1) is 0 Å². The Morgan fingerprint density at radius 1 is 0.879 bits per heavy atom. The summed E-state index contributed by atoms with van der Waals surface area (Å²) < 4.78 is 43.8. The number of halogens is 1. The fourth-order valence-electron chi connectivity index (χ4n) is 3.88. The van der Waals surface area contributed by atoms with E-state index in [1.807, 2.05) is 0 Å². The molecule has 3 aromatic carbocycles. The number of methoxy groups -OCH3 is 3. The van der Waals surface area contributed by atoms with Gasteiger partial charge in [0.15, 0.2) is 0 Å². The molecule has 0 radical (unpaired) electrons. The zero-order valence-electron chi connectivity index (χ0n) is 17.9. The van der Waals surface area contributed by atoms with Crippen LogP contribution in [0.2, 0.25) is 5.02 Å². The molecule has 0 bridgehead atoms. The van der Waals surface area contributed by atoms with Crippen molar-refractivity contribution in [3.63, 3.8) is 0 Å². The predicted octanol–water partition coefficient (Wildman–Crippen LogP) is 3.34. The molecule has 1 unspecified atom stereocenters. The normalized spacial score (nSPS) is 17.6. The van der Waals surface area contributed by atoms with Gasteiger partial charge in [0.05, 0.1) is 27.0 Å². The minimum absolute atomic E-state index is 0.0144. The highest BCUT2D eigenvalue weighted by atomic mass is 35.5. The van der Waals surface area contributed by atoms with E-state index in [2.05, 4.69) is 0 Å². The predicted molar refractivity (Wildman–Crippen MR) is 122 cm³/mol. The molecule has 0 saturated heterocycles. The molecular weight excluding hydrogens is 470 g/mol. The molecule has 8 nitrogen and oxygen atoms in total. The number of benzene rings is 3. The largest absolute Gasteiger partial charge is 0.497 e. The van der Waals surface area contributed by atoms with Gasteiger partial charge < -0.3 is 19.3 Å². The van der Waals surface area contributed by atoms with Gasteiger partial charge >= 0.3 is 0 Å². The molecule has 0 aliphatic carbocycles. The molecule has 0 fully saturated rings. The maximum Gasteiger partial charge on any atom is 0.282 e. The maximum absolute atomic E-state index is 13.8. The molecular formula is C23H20ClNO7S. The van der Waals surface area contributed by atoms with E-state index in [0.717, 1.165) is 0 Å². The van der Waals surface area contributed by atoms with Crippen LogP contribution in [-0.4, -0.2) is 40.8 Å². The third kappa shape index (κ3) is 3.40. The summed E-state index contributed by atoms with van der Waals surface area (Å²) in [5.41, 5.74) is -2.30. The van der Waals surface area contributed by atoms with Gasteiger partial charge in [-0.25, -0.2) is 8.42 Å². The Kier molecular flexibility index (Phi) is 5.73. The van der Waals surface area contributed by atoms with E-state index in [9.17, 15) is 18.3 Å². The zero-order valence-corrected chi connectivity index (χ0v) is 19.5. The Morgan fingerprint density at radius 2 is 1.58 bits per heavy atom. The standard InChI is InChI=1S/C23H20ClNO7S/c1-30-15-9-11-21(20(13-15)32-3)33(28,29)25-18-10-8-14(24)12-17(18)23(27,22(25)26)16-6-4-5-7-19(16)31-2/h4-13,27H,1-3H3. The molecule has 4 rings (SSSR count). The van der Waals surface area contributed by atoms with Gasteiger partial charge in [0.25, 0.3) is 15.9 Å². The second-order valence-electron chi connectivity index (χ2n) is 7.16. The summed E-state index contributed by atoms with van der Waals surface area (Å²) in [6.07, 6.45) is 0. The molecule has 1 aliphatic rings. The SMILES string of the molecule is COc1ccc(S(=O)(=O)N2C(=O)C(O)(c3ccccc3OC)c3cc(Cl)ccc32)c(OC)c1. The highest BCUT2D eigenvalue weighted by Crippen LogP contribution is 2.50. The van der Waals surface area contributed by atoms with Crippen molar-refractivity contribution in [2.45, 2.75) is 10.5 Å². The van der Waals surface area contributed by atoms with Crippen molar-refractivity contribution in [1.82, 2.24) is 0 Å². The topological polar surface area (TPSA) is 102 Å². The molecule has 10 heteroatoms. The Labute approximate surface area is 195 Å². The van der Waals surface area contributed by atoms with E-state index in [1.165, 1.54) is 63.8 Å². The van der Waals surface area contributed by atoms with Gasteiger partial charge in [-0.05, 0) is 36.4 Å². The van der Waals surface area contributed by atoms with E-state index >= 15 is 0 Å². The van der Waals surface area contributed by atoms with Crippen LogP contribution >= 0.6 is 11.6 Å². The number of sulfonamides is 1. The molecule has 1 N–H and O–H groups in total. The first-order valence-electron chi connectivity index (χ1n) is 9.67. The van der Waals surface area contributed by atoms with Crippen LogP contribution in [-0.2, 0) is 20.4 Å². The van der Waals surface area contributed by atoms with Gasteiger partial charge in [0.2, 0.25) is 5.60 Å². The van der Waals surface area contributed by atoms with Crippen LogP contribution in [0.5, 0.6) is 17.2 Å². The first-order valence-corrected chi connectivity index (χ1v) is 11.5. The lowest BCUT2D eigenvalue weighted by atomic mass is 9.87. The van der Waals surface area contributed by atoms with Crippen molar-refractivity contribution in [2.75, 3.05) is 25.6 Å². The smallest absolute Gasteiger partial charge is 0.282 e. The van der Waals surface area contributed by atoms with E-state index in [1.54, 1.807) is 18.2 Å². The number of carbonyl (C=O) groups excluding carboxylic acids is 1. The number of nitrogens with zero attached hydrogens (tertiary/aromatic N) is 1. The number of carbonyl (C=O) groups is 1. The van der Waals surface area contributed by atoms with Crippen LogP contribution in [0.1, 0.15) is 11.1 Å². The van der Waals surface area contributed by atoms with Crippen LogP contribution in [0.4, 0.5) is 5.69 Å². The van der Waals surface area contributed by atoms with Gasteiger partial charge in [-0.3, -0.25) is 4.79 Å². The summed E-state index contributed by atoms with van der Waals surface area (Å²) in [4.78, 5) is 13.5. The van der Waals surface area contributed by atoms with Crippen LogP contribution in [0.3, 0.4) is 0 Å². The minimum atomic E-state index is -4.52. The van der Waals surface area contributed by atoms with Gasteiger partial charge in [-0.2, -0.15) is 4.31 Å². The Bertz CT molecular complexity index is 1360. The summed E-state index contributed by atoms with van der Waals surface area (Å²) in [6.45, 7) is 0. The molecule has 1 aliphatic heterocycles. The summed E-state index contributed by atoms with van der Waals surface area (Å²) in [5, 5.41) is 12.0. The van der Waals surface area contributed by atoms with E-state index in [-0.39, 0.29) is 38.2 Å². The average Bonchev–Trinajstić information content (AvgIpc) is 3.06. The van der Waals surface area contributed by atoms with Gasteiger partial charge in [-0.1, -0.05) is 29.8 Å². The molecule has 0 spiro atoms. The zero-order chi connectivity index (χ0) is 24.0. The number of fused-ring (bicyclic) bond motifs is 1. The van der Waals surface area contributed by atoms with Gasteiger partial charge in [0, 0.05) is 22.2 Å². The number of anilines is 1. The lowest BCUT2D eigenvalue weighted by Gasteiger charge is -2.25. The fraction of sp³-hybridized carbons (Fsp3) is 0.174. The number of para-hydroxylation sites is 1. The summed E-state index contributed by atoms with van der Waals surface area (Å²) in [6, 6.07) is 14.6. The molecule has 0 aromatic heterocycles. The highest BCUT2D eigenvalue weighted by Gasteiger charge is 2.56. The molecule has 1 atom stereocenters. The Hall–Kier alpha value is -3.27. The molecule has 0 saturated carbocycles. The second kappa shape index (κ2) is 8.26. The monoisotopic (exact) mass is 489 g/mol. The fourth-order valence-corrected chi connectivity index (χ4v) is 5.65. The van der Waals surface area contributed by atoms with E-state index in [4.69, 9.17) is 25.8 Å². The van der Waals surface area contributed by atoms with Crippen LogP contribution in [0.25, 0.3) is 0 Å². The van der Waals surface area contributed by atoms with E-state index < -0.39 is 21.5 Å². The van der Waals surface area contributed by atoms with Crippen LogP contribution < -0.4 is 18.5 Å². The van der Waals surface area contributed by atoms with E-state index in [0.29, 0.717) is 10.1 Å². The number of ether oxygens (including phenoxy) is 3. The number of amides is 1. The van der Waals surface area contributed by atoms with Crippen molar-refractivity contribution in [2.24, 2.45) is 0 Å². The third-order valence-corrected chi connectivity index (χ3v) is 7.42. The lowest BCUT2D eigenvalue weighted by molar-refractivity contribution is -0.131. The number of rotatable bonds is 6. The van der Waals surface area contributed by atoms with Crippen molar-refractivity contribution >= 4 is 33.2 Å². The van der Waals surface area contributed by atoms with Crippen LogP contribution in [0.15, 0.2) is 65.6 Å².